The Bertz CT molecular complexity index is 746. The van der Waals surface area contributed by atoms with Crippen LogP contribution in [0.15, 0.2) is 18.2 Å². The van der Waals surface area contributed by atoms with E-state index in [2.05, 4.69) is 0 Å². The second kappa shape index (κ2) is 13.0. The van der Waals surface area contributed by atoms with E-state index in [1.165, 1.54) is 31.5 Å². The highest BCUT2D eigenvalue weighted by molar-refractivity contribution is 5.98. The number of hydrogen-bond acceptors (Lipinski definition) is 6. The van der Waals surface area contributed by atoms with Crippen LogP contribution >= 0.6 is 0 Å². The van der Waals surface area contributed by atoms with Crippen LogP contribution in [0.1, 0.15) is 81.5 Å². The predicted molar refractivity (Wildman–Crippen MR) is 117 cm³/mol. The molecule has 1 N–H and O–H groups in total. The maximum atomic E-state index is 12.6. The van der Waals surface area contributed by atoms with Gasteiger partial charge in [0.05, 0.1) is 23.7 Å². The number of Topliss-reactive ketones (excluding diaryl/α,β-unsaturated/α-hetero) is 1. The summed E-state index contributed by atoms with van der Waals surface area (Å²) in [6.45, 7) is 2.17. The van der Waals surface area contributed by atoms with Gasteiger partial charge in [0.1, 0.15) is 5.75 Å². The molecule has 172 valence electrons. The van der Waals surface area contributed by atoms with Crippen LogP contribution in [0.5, 0.6) is 5.75 Å². The van der Waals surface area contributed by atoms with Gasteiger partial charge in [-0.1, -0.05) is 32.1 Å². The number of benzene rings is 1. The molecule has 1 saturated carbocycles. The molecule has 1 aliphatic rings. The van der Waals surface area contributed by atoms with Crippen molar-refractivity contribution in [3.05, 3.63) is 33.9 Å². The Morgan fingerprint density at radius 2 is 1.87 bits per heavy atom. The zero-order valence-corrected chi connectivity index (χ0v) is 18.4. The number of nitrogens with zero attached hydrogens (tertiary/aromatic N) is 2. The van der Waals surface area contributed by atoms with E-state index < -0.39 is 4.92 Å². The molecule has 0 atom stereocenters. The number of carbonyl (C=O) groups is 2. The summed E-state index contributed by atoms with van der Waals surface area (Å²) in [7, 11) is 0. The monoisotopic (exact) mass is 434 g/mol. The number of unbranched alkanes of at least 4 members (excludes halogenated alkanes) is 3. The number of aliphatic hydroxyl groups excluding tert-OH is 1. The highest BCUT2D eigenvalue weighted by Gasteiger charge is 2.24. The topological polar surface area (TPSA) is 110 Å². The molecule has 2 rings (SSSR count). The summed E-state index contributed by atoms with van der Waals surface area (Å²) in [6, 6.07) is 4.50. The number of nitro benzene ring substituents is 1. The average Bonchev–Trinajstić information content (AvgIpc) is 2.76. The van der Waals surface area contributed by atoms with E-state index in [0.717, 1.165) is 51.4 Å². The molecule has 1 amide bonds. The molecule has 0 bridgehead atoms. The molecule has 0 aromatic heterocycles. The Labute approximate surface area is 183 Å². The standard InChI is InChI=1S/C23H34N2O6/c1-18(27)21-17-20(12-13-22(21)25(29)30)31-16-8-3-2-7-11-23(28)24(14-15-26)19-9-5-4-6-10-19/h12-13,17,19,26H,2-11,14-16H2,1H3. The zero-order valence-electron chi connectivity index (χ0n) is 18.4. The third kappa shape index (κ3) is 7.94. The minimum atomic E-state index is -0.572. The molecule has 1 fully saturated rings. The highest BCUT2D eigenvalue weighted by atomic mass is 16.6. The Balaban J connectivity index is 1.67. The van der Waals surface area contributed by atoms with Crippen molar-refractivity contribution in [2.45, 2.75) is 77.2 Å². The van der Waals surface area contributed by atoms with Crippen molar-refractivity contribution in [2.24, 2.45) is 0 Å². The Kier molecular flexibility index (Phi) is 10.4. The van der Waals surface area contributed by atoms with Crippen LogP contribution in [-0.2, 0) is 4.79 Å². The molecule has 0 spiro atoms. The summed E-state index contributed by atoms with van der Waals surface area (Å²) in [5, 5.41) is 20.3. The van der Waals surface area contributed by atoms with Crippen LogP contribution in [0, 0.1) is 10.1 Å². The second-order valence-electron chi connectivity index (χ2n) is 8.11. The molecule has 0 saturated heterocycles. The van der Waals surface area contributed by atoms with Crippen molar-refractivity contribution in [2.75, 3.05) is 19.8 Å². The molecule has 0 radical (unpaired) electrons. The summed E-state index contributed by atoms with van der Waals surface area (Å²) in [6.07, 6.45) is 9.54. The van der Waals surface area contributed by atoms with Gasteiger partial charge >= 0.3 is 0 Å². The number of amides is 1. The van der Waals surface area contributed by atoms with Crippen molar-refractivity contribution in [1.82, 2.24) is 4.90 Å². The van der Waals surface area contributed by atoms with Crippen LogP contribution in [0.25, 0.3) is 0 Å². The first-order valence-electron chi connectivity index (χ1n) is 11.3. The fraction of sp³-hybridized carbons (Fsp3) is 0.652. The molecular formula is C23H34N2O6. The molecule has 1 aromatic carbocycles. The number of rotatable bonds is 13. The second-order valence-corrected chi connectivity index (χ2v) is 8.11. The van der Waals surface area contributed by atoms with Crippen LogP contribution < -0.4 is 4.74 Å². The van der Waals surface area contributed by atoms with Crippen LogP contribution in [-0.4, -0.2) is 52.4 Å². The molecular weight excluding hydrogens is 400 g/mol. The molecule has 0 unspecified atom stereocenters. The molecule has 1 aromatic rings. The first kappa shape index (κ1) is 24.8. The quantitative estimate of drug-likeness (QED) is 0.215. The fourth-order valence-electron chi connectivity index (χ4n) is 4.12. The van der Waals surface area contributed by atoms with Crippen LogP contribution in [0.2, 0.25) is 0 Å². The largest absolute Gasteiger partial charge is 0.494 e. The van der Waals surface area contributed by atoms with Crippen LogP contribution in [0.3, 0.4) is 0 Å². The first-order chi connectivity index (χ1) is 14.9. The number of hydrogen-bond donors (Lipinski definition) is 1. The van der Waals surface area contributed by atoms with E-state index in [0.29, 0.717) is 25.3 Å². The smallest absolute Gasteiger partial charge is 0.280 e. The molecule has 0 aliphatic heterocycles. The van der Waals surface area contributed by atoms with Gasteiger partial charge in [-0.05, 0) is 44.7 Å². The minimum absolute atomic E-state index is 0.00751. The average molecular weight is 435 g/mol. The van der Waals surface area contributed by atoms with Gasteiger partial charge in [0.2, 0.25) is 5.91 Å². The van der Waals surface area contributed by atoms with Gasteiger partial charge in [0.15, 0.2) is 5.78 Å². The maximum Gasteiger partial charge on any atom is 0.280 e. The molecule has 8 nitrogen and oxygen atoms in total. The van der Waals surface area contributed by atoms with Crippen molar-refractivity contribution >= 4 is 17.4 Å². The minimum Gasteiger partial charge on any atom is -0.494 e. The van der Waals surface area contributed by atoms with E-state index in [9.17, 15) is 24.8 Å². The van der Waals surface area contributed by atoms with Crippen molar-refractivity contribution < 1.29 is 24.4 Å². The van der Waals surface area contributed by atoms with Crippen LogP contribution in [0.4, 0.5) is 5.69 Å². The van der Waals surface area contributed by atoms with Gasteiger partial charge < -0.3 is 14.7 Å². The van der Waals surface area contributed by atoms with Gasteiger partial charge in [-0.15, -0.1) is 0 Å². The first-order valence-corrected chi connectivity index (χ1v) is 11.3. The number of carbonyl (C=O) groups excluding carboxylic acids is 2. The number of aliphatic hydroxyl groups is 1. The van der Waals surface area contributed by atoms with E-state index in [-0.39, 0.29) is 35.6 Å². The molecule has 8 heteroatoms. The Morgan fingerprint density at radius 3 is 2.52 bits per heavy atom. The highest BCUT2D eigenvalue weighted by Crippen LogP contribution is 2.25. The third-order valence-electron chi connectivity index (χ3n) is 5.77. The summed E-state index contributed by atoms with van der Waals surface area (Å²) >= 11 is 0. The normalized spacial score (nSPS) is 14.3. The van der Waals surface area contributed by atoms with E-state index in [1.807, 2.05) is 4.90 Å². The van der Waals surface area contributed by atoms with Gasteiger partial charge in [-0.2, -0.15) is 0 Å². The lowest BCUT2D eigenvalue weighted by Gasteiger charge is -2.34. The van der Waals surface area contributed by atoms with Gasteiger partial charge in [0, 0.05) is 25.1 Å². The van der Waals surface area contributed by atoms with E-state index >= 15 is 0 Å². The summed E-state index contributed by atoms with van der Waals surface area (Å²) in [5.41, 5.74) is -0.167. The van der Waals surface area contributed by atoms with Gasteiger partial charge in [0.25, 0.3) is 5.69 Å². The summed E-state index contributed by atoms with van der Waals surface area (Å²) in [4.78, 5) is 36.5. The lowest BCUT2D eigenvalue weighted by atomic mass is 9.94. The SMILES string of the molecule is CC(=O)c1cc(OCCCCCCC(=O)N(CCO)C2CCCCC2)ccc1[N+](=O)[O-]. The zero-order chi connectivity index (χ0) is 22.6. The number of ether oxygens (including phenoxy) is 1. The lowest BCUT2D eigenvalue weighted by molar-refractivity contribution is -0.385. The predicted octanol–water partition coefficient (Wildman–Crippen LogP) is 4.28. The Hall–Kier alpha value is -2.48. The number of nitro groups is 1. The number of ketones is 1. The maximum absolute atomic E-state index is 12.6. The van der Waals surface area contributed by atoms with Crippen molar-refractivity contribution in [1.29, 1.82) is 0 Å². The van der Waals surface area contributed by atoms with Crippen molar-refractivity contribution in [3.63, 3.8) is 0 Å². The Morgan fingerprint density at radius 1 is 1.16 bits per heavy atom. The summed E-state index contributed by atoms with van der Waals surface area (Å²) in [5.74, 6) is 0.211. The van der Waals surface area contributed by atoms with E-state index in [1.54, 1.807) is 0 Å². The van der Waals surface area contributed by atoms with E-state index in [4.69, 9.17) is 4.74 Å². The van der Waals surface area contributed by atoms with Gasteiger partial charge in [-0.3, -0.25) is 19.7 Å². The fourth-order valence-corrected chi connectivity index (χ4v) is 4.12. The molecule has 1 aliphatic carbocycles. The van der Waals surface area contributed by atoms with Gasteiger partial charge in [-0.25, -0.2) is 0 Å². The summed E-state index contributed by atoms with van der Waals surface area (Å²) < 4.78 is 5.63. The molecule has 31 heavy (non-hydrogen) atoms. The lowest BCUT2D eigenvalue weighted by Crippen LogP contribution is -2.43. The third-order valence-corrected chi connectivity index (χ3v) is 5.77. The molecule has 0 heterocycles. The van der Waals surface area contributed by atoms with Crippen molar-refractivity contribution in [3.8, 4) is 5.75 Å².